The van der Waals surface area contributed by atoms with Gasteiger partial charge in [0.25, 0.3) is 0 Å². The van der Waals surface area contributed by atoms with Crippen LogP contribution in [0, 0.1) is 0 Å². The lowest BCUT2D eigenvalue weighted by Gasteiger charge is -2.14. The first-order chi connectivity index (χ1) is 25.2. The number of hydrogen-bond donors (Lipinski definition) is 0. The van der Waals surface area contributed by atoms with Gasteiger partial charge < -0.3 is 0 Å². The number of rotatable bonds is 5. The second-order valence-electron chi connectivity index (χ2n) is 13.0. The number of aromatic nitrogens is 2. The zero-order valence-electron chi connectivity index (χ0n) is 27.6. The Morgan fingerprint density at radius 2 is 0.922 bits per heavy atom. The van der Waals surface area contributed by atoms with E-state index >= 15 is 0 Å². The molecule has 0 aliphatic rings. The van der Waals surface area contributed by atoms with Crippen molar-refractivity contribution in [2.24, 2.45) is 0 Å². The zero-order valence-corrected chi connectivity index (χ0v) is 28.4. The lowest BCUT2D eigenvalue weighted by molar-refractivity contribution is 1.18. The fourth-order valence-electron chi connectivity index (χ4n) is 7.29. The van der Waals surface area contributed by atoms with Crippen LogP contribution < -0.4 is 0 Å². The molecule has 2 aromatic heterocycles. The van der Waals surface area contributed by atoms with Crippen LogP contribution in [0.25, 0.3) is 97.9 Å². The summed E-state index contributed by atoms with van der Waals surface area (Å²) in [6.45, 7) is 0. The van der Waals surface area contributed by atoms with Crippen LogP contribution in [-0.4, -0.2) is 9.97 Å². The second-order valence-corrected chi connectivity index (χ2v) is 14.1. The third-order valence-corrected chi connectivity index (χ3v) is 11.0. The van der Waals surface area contributed by atoms with Gasteiger partial charge in [-0.15, -0.1) is 11.3 Å². The molecule has 0 aliphatic carbocycles. The Morgan fingerprint density at radius 1 is 0.333 bits per heavy atom. The highest BCUT2D eigenvalue weighted by Crippen LogP contribution is 2.42. The molecule has 3 heteroatoms. The quantitative estimate of drug-likeness (QED) is 0.183. The summed E-state index contributed by atoms with van der Waals surface area (Å²) in [5.74, 6) is 0.708. The van der Waals surface area contributed by atoms with Crippen LogP contribution in [0.4, 0.5) is 0 Å². The van der Waals surface area contributed by atoms with E-state index in [1.54, 1.807) is 0 Å². The van der Waals surface area contributed by atoms with Crippen LogP contribution >= 0.6 is 11.3 Å². The SMILES string of the molecule is c1ccc(-c2nc(-c3cc(-c4ccc5ccccc5c4)cc(-c4cccc5sc6ccccc6c45)c3)cc(-c3ccc4ccccc4c3)n2)cc1. The third-order valence-electron chi connectivity index (χ3n) is 9.83. The lowest BCUT2D eigenvalue weighted by atomic mass is 9.92. The molecule has 0 atom stereocenters. The maximum Gasteiger partial charge on any atom is 0.160 e. The van der Waals surface area contributed by atoms with E-state index in [0.29, 0.717) is 5.82 Å². The van der Waals surface area contributed by atoms with Crippen LogP contribution in [0.3, 0.4) is 0 Å². The molecule has 0 N–H and O–H groups in total. The van der Waals surface area contributed by atoms with Crippen molar-refractivity contribution in [3.05, 3.63) is 182 Å². The predicted molar refractivity (Wildman–Crippen MR) is 217 cm³/mol. The van der Waals surface area contributed by atoms with Gasteiger partial charge in [-0.05, 0) is 92.3 Å². The van der Waals surface area contributed by atoms with Crippen LogP contribution in [0.1, 0.15) is 0 Å². The minimum atomic E-state index is 0.708. The van der Waals surface area contributed by atoms with Crippen LogP contribution in [0.15, 0.2) is 182 Å². The smallest absolute Gasteiger partial charge is 0.160 e. The Kier molecular flexibility index (Phi) is 7.04. The van der Waals surface area contributed by atoms with Gasteiger partial charge in [0.2, 0.25) is 0 Å². The first kappa shape index (κ1) is 29.5. The fourth-order valence-corrected chi connectivity index (χ4v) is 8.42. The maximum atomic E-state index is 5.27. The maximum absolute atomic E-state index is 5.27. The van der Waals surface area contributed by atoms with Gasteiger partial charge in [-0.3, -0.25) is 0 Å². The topological polar surface area (TPSA) is 25.8 Å². The predicted octanol–water partition coefficient (Wildman–Crippen LogP) is 13.5. The van der Waals surface area contributed by atoms with Crippen molar-refractivity contribution in [2.75, 3.05) is 0 Å². The van der Waals surface area contributed by atoms with Gasteiger partial charge in [-0.2, -0.15) is 0 Å². The highest BCUT2D eigenvalue weighted by atomic mass is 32.1. The molecule has 2 nitrogen and oxygen atoms in total. The molecular formula is C48H30N2S. The van der Waals surface area contributed by atoms with Crippen molar-refractivity contribution in [3.8, 4) is 56.2 Å². The summed E-state index contributed by atoms with van der Waals surface area (Å²) in [5.41, 5.74) is 9.60. The summed E-state index contributed by atoms with van der Waals surface area (Å²) in [4.78, 5) is 10.4. The Morgan fingerprint density at radius 3 is 1.71 bits per heavy atom. The first-order valence-electron chi connectivity index (χ1n) is 17.2. The molecule has 0 radical (unpaired) electrons. The van der Waals surface area contributed by atoms with Gasteiger partial charge in [-0.1, -0.05) is 133 Å². The Labute approximate surface area is 300 Å². The summed E-state index contributed by atoms with van der Waals surface area (Å²) < 4.78 is 2.59. The fraction of sp³-hybridized carbons (Fsp3) is 0. The molecule has 0 spiro atoms. The normalized spacial score (nSPS) is 11.5. The zero-order chi connectivity index (χ0) is 33.7. The Balaban J connectivity index is 1.23. The molecule has 0 unspecified atom stereocenters. The number of nitrogens with zero attached hydrogens (tertiary/aromatic N) is 2. The van der Waals surface area contributed by atoms with Gasteiger partial charge in [-0.25, -0.2) is 9.97 Å². The summed E-state index contributed by atoms with van der Waals surface area (Å²) >= 11 is 1.85. The number of fused-ring (bicyclic) bond motifs is 5. The summed E-state index contributed by atoms with van der Waals surface area (Å²) in [6, 6.07) is 65.2. The summed E-state index contributed by atoms with van der Waals surface area (Å²) in [5, 5.41) is 7.44. The largest absolute Gasteiger partial charge is 0.228 e. The molecule has 10 aromatic rings. The summed E-state index contributed by atoms with van der Waals surface area (Å²) in [7, 11) is 0. The van der Waals surface area contributed by atoms with E-state index in [4.69, 9.17) is 9.97 Å². The van der Waals surface area contributed by atoms with Crippen molar-refractivity contribution < 1.29 is 0 Å². The van der Waals surface area contributed by atoms with Crippen molar-refractivity contribution >= 4 is 53.1 Å². The molecule has 238 valence electrons. The minimum absolute atomic E-state index is 0.708. The average Bonchev–Trinajstić information content (AvgIpc) is 3.59. The first-order valence-corrected chi connectivity index (χ1v) is 18.0. The lowest BCUT2D eigenvalue weighted by Crippen LogP contribution is -1.96. The van der Waals surface area contributed by atoms with Gasteiger partial charge in [0.1, 0.15) is 0 Å². The molecule has 8 aromatic carbocycles. The highest BCUT2D eigenvalue weighted by molar-refractivity contribution is 7.25. The number of thiophene rings is 1. The van der Waals surface area contributed by atoms with Gasteiger partial charge >= 0.3 is 0 Å². The minimum Gasteiger partial charge on any atom is -0.228 e. The average molecular weight is 667 g/mol. The van der Waals surface area contributed by atoms with Crippen molar-refractivity contribution in [1.82, 2.24) is 9.97 Å². The summed E-state index contributed by atoms with van der Waals surface area (Å²) in [6.07, 6.45) is 0. The van der Waals surface area contributed by atoms with Gasteiger partial charge in [0, 0.05) is 36.9 Å². The van der Waals surface area contributed by atoms with Gasteiger partial charge in [0.15, 0.2) is 5.82 Å². The highest BCUT2D eigenvalue weighted by Gasteiger charge is 2.16. The van der Waals surface area contributed by atoms with Crippen molar-refractivity contribution in [3.63, 3.8) is 0 Å². The van der Waals surface area contributed by atoms with E-state index in [-0.39, 0.29) is 0 Å². The molecule has 0 fully saturated rings. The molecule has 0 amide bonds. The molecular weight excluding hydrogens is 637 g/mol. The number of hydrogen-bond acceptors (Lipinski definition) is 3. The van der Waals surface area contributed by atoms with Crippen LogP contribution in [0.2, 0.25) is 0 Å². The molecule has 0 saturated carbocycles. The third kappa shape index (κ3) is 5.36. The van der Waals surface area contributed by atoms with E-state index in [9.17, 15) is 0 Å². The van der Waals surface area contributed by atoms with Gasteiger partial charge in [0.05, 0.1) is 11.4 Å². The molecule has 10 rings (SSSR count). The van der Waals surface area contributed by atoms with Crippen LogP contribution in [-0.2, 0) is 0 Å². The van der Waals surface area contributed by atoms with E-state index in [1.165, 1.54) is 52.8 Å². The second kappa shape index (κ2) is 12.2. The molecule has 0 saturated heterocycles. The van der Waals surface area contributed by atoms with Crippen molar-refractivity contribution in [1.29, 1.82) is 0 Å². The Hall–Kier alpha value is -6.42. The van der Waals surface area contributed by atoms with Crippen molar-refractivity contribution in [2.45, 2.75) is 0 Å². The Bertz CT molecular complexity index is 2920. The van der Waals surface area contributed by atoms with E-state index in [0.717, 1.165) is 39.2 Å². The number of benzene rings is 8. The van der Waals surface area contributed by atoms with Crippen LogP contribution in [0.5, 0.6) is 0 Å². The molecule has 51 heavy (non-hydrogen) atoms. The molecule has 0 bridgehead atoms. The standard InChI is InChI=1S/C48H30N2S/c1-2-13-33(14-3-1)48-49-43(37-24-22-32-12-5-7-16-35(32)26-37)30-44(50-48)40-28-38(36-23-21-31-11-4-6-15-34(31)25-36)27-39(29-40)41-18-10-20-46-47(41)42-17-8-9-19-45(42)51-46/h1-30H. The monoisotopic (exact) mass is 666 g/mol. The van der Waals surface area contributed by atoms with E-state index < -0.39 is 0 Å². The van der Waals surface area contributed by atoms with E-state index in [2.05, 4.69) is 164 Å². The van der Waals surface area contributed by atoms with E-state index in [1.807, 2.05) is 29.5 Å². The molecule has 2 heterocycles. The molecule has 0 aliphatic heterocycles.